The number of esters is 1. The van der Waals surface area contributed by atoms with Crippen molar-refractivity contribution in [1.29, 1.82) is 0 Å². The molecule has 36 heavy (non-hydrogen) atoms. The first-order valence-electron chi connectivity index (χ1n) is 11.3. The SMILES string of the molecule is COC(=O)[C@@H]1CN(C(=O)[C@H]2CCCN2S(=O)(=O)c2ccccc2)C(=O)N1C(=O)OCc1ccccc1. The molecule has 0 spiro atoms. The number of nitrogens with zero attached hydrogens (tertiary/aromatic N) is 3. The van der Waals surface area contributed by atoms with Gasteiger partial charge in [-0.15, -0.1) is 0 Å². The summed E-state index contributed by atoms with van der Waals surface area (Å²) in [6.07, 6.45) is -0.515. The van der Waals surface area contributed by atoms with Crippen LogP contribution in [0.4, 0.5) is 9.59 Å². The fourth-order valence-corrected chi connectivity index (χ4v) is 5.94. The van der Waals surface area contributed by atoms with E-state index in [0.717, 1.165) is 16.3 Å². The van der Waals surface area contributed by atoms with Gasteiger partial charge >= 0.3 is 18.1 Å². The largest absolute Gasteiger partial charge is 0.467 e. The van der Waals surface area contributed by atoms with Crippen LogP contribution in [0.25, 0.3) is 0 Å². The molecule has 11 nitrogen and oxygen atoms in total. The Labute approximate surface area is 208 Å². The molecule has 2 aromatic rings. The molecule has 2 atom stereocenters. The molecule has 2 aliphatic rings. The quantitative estimate of drug-likeness (QED) is 0.534. The number of imide groups is 2. The predicted octanol–water partition coefficient (Wildman–Crippen LogP) is 1.98. The van der Waals surface area contributed by atoms with Gasteiger partial charge in [-0.2, -0.15) is 4.31 Å². The van der Waals surface area contributed by atoms with Crippen LogP contribution in [0.1, 0.15) is 18.4 Å². The van der Waals surface area contributed by atoms with Crippen molar-refractivity contribution in [3.8, 4) is 0 Å². The van der Waals surface area contributed by atoms with E-state index in [9.17, 15) is 27.6 Å². The van der Waals surface area contributed by atoms with Crippen LogP contribution in [-0.2, 0) is 35.7 Å². The lowest BCUT2D eigenvalue weighted by Gasteiger charge is -2.26. The number of benzene rings is 2. The molecule has 0 aliphatic carbocycles. The van der Waals surface area contributed by atoms with E-state index in [0.29, 0.717) is 16.9 Å². The van der Waals surface area contributed by atoms with Crippen molar-refractivity contribution < 1.29 is 37.1 Å². The minimum Gasteiger partial charge on any atom is -0.467 e. The summed E-state index contributed by atoms with van der Waals surface area (Å²) in [5, 5.41) is 0. The second-order valence-electron chi connectivity index (χ2n) is 8.27. The number of rotatable bonds is 6. The molecule has 0 saturated carbocycles. The van der Waals surface area contributed by atoms with E-state index in [1.807, 2.05) is 0 Å². The molecule has 2 heterocycles. The van der Waals surface area contributed by atoms with Gasteiger partial charge in [0.15, 0.2) is 6.04 Å². The van der Waals surface area contributed by atoms with Crippen LogP contribution < -0.4 is 0 Å². The van der Waals surface area contributed by atoms with Crippen LogP contribution >= 0.6 is 0 Å². The van der Waals surface area contributed by atoms with Crippen LogP contribution in [0, 0.1) is 0 Å². The Morgan fingerprint density at radius 1 is 0.972 bits per heavy atom. The Balaban J connectivity index is 1.55. The van der Waals surface area contributed by atoms with Gasteiger partial charge in [0.05, 0.1) is 18.6 Å². The number of methoxy groups -OCH3 is 1. The van der Waals surface area contributed by atoms with Crippen molar-refractivity contribution in [2.24, 2.45) is 0 Å². The Kier molecular flexibility index (Phi) is 7.36. The zero-order valence-corrected chi connectivity index (χ0v) is 20.3. The van der Waals surface area contributed by atoms with Crippen molar-refractivity contribution in [1.82, 2.24) is 14.1 Å². The molecule has 4 rings (SSSR count). The maximum absolute atomic E-state index is 13.4. The monoisotopic (exact) mass is 515 g/mol. The van der Waals surface area contributed by atoms with Gasteiger partial charge in [0, 0.05) is 6.54 Å². The molecule has 12 heteroatoms. The third kappa shape index (κ3) is 4.82. The number of urea groups is 1. The molecule has 0 unspecified atom stereocenters. The summed E-state index contributed by atoms with van der Waals surface area (Å²) in [6.45, 7) is -0.531. The molecule has 2 aromatic carbocycles. The number of amides is 4. The fraction of sp³-hybridized carbons (Fsp3) is 0.333. The number of ether oxygens (including phenoxy) is 2. The average molecular weight is 516 g/mol. The molecule has 0 bridgehead atoms. The zero-order chi connectivity index (χ0) is 25.9. The lowest BCUT2D eigenvalue weighted by molar-refractivity contribution is -0.144. The van der Waals surface area contributed by atoms with Crippen LogP contribution in [0.3, 0.4) is 0 Å². The summed E-state index contributed by atoms with van der Waals surface area (Å²) in [4.78, 5) is 53.0. The number of carbonyl (C=O) groups excluding carboxylic acids is 4. The summed E-state index contributed by atoms with van der Waals surface area (Å²) in [5.74, 6) is -1.72. The highest BCUT2D eigenvalue weighted by Gasteiger charge is 2.52. The molecule has 2 aliphatic heterocycles. The number of hydrogen-bond acceptors (Lipinski definition) is 8. The summed E-state index contributed by atoms with van der Waals surface area (Å²) in [5.41, 5.74) is 0.660. The summed E-state index contributed by atoms with van der Waals surface area (Å²) in [7, 11) is -2.91. The Morgan fingerprint density at radius 2 is 1.61 bits per heavy atom. The van der Waals surface area contributed by atoms with E-state index >= 15 is 0 Å². The van der Waals surface area contributed by atoms with Gasteiger partial charge in [0.2, 0.25) is 15.9 Å². The Hall–Kier alpha value is -3.77. The van der Waals surface area contributed by atoms with Crippen LogP contribution in [0.15, 0.2) is 65.6 Å². The highest BCUT2D eigenvalue weighted by molar-refractivity contribution is 7.89. The van der Waals surface area contributed by atoms with Gasteiger partial charge in [-0.05, 0) is 30.5 Å². The van der Waals surface area contributed by atoms with Crippen molar-refractivity contribution >= 4 is 34.0 Å². The summed E-state index contributed by atoms with van der Waals surface area (Å²) >= 11 is 0. The fourth-order valence-electron chi connectivity index (χ4n) is 4.27. The third-order valence-corrected chi connectivity index (χ3v) is 8.01. The summed E-state index contributed by atoms with van der Waals surface area (Å²) < 4.78 is 37.3. The highest BCUT2D eigenvalue weighted by atomic mass is 32.2. The minimum atomic E-state index is -4.01. The van der Waals surface area contributed by atoms with Crippen LogP contribution in [-0.4, -0.2) is 78.8 Å². The van der Waals surface area contributed by atoms with E-state index in [4.69, 9.17) is 9.47 Å². The molecule has 2 saturated heterocycles. The molecule has 0 N–H and O–H groups in total. The minimum absolute atomic E-state index is 0.0241. The number of hydrogen-bond donors (Lipinski definition) is 0. The van der Waals surface area contributed by atoms with Gasteiger partial charge in [0.1, 0.15) is 12.6 Å². The van der Waals surface area contributed by atoms with E-state index in [1.54, 1.807) is 48.5 Å². The maximum atomic E-state index is 13.4. The lowest BCUT2D eigenvalue weighted by Crippen LogP contribution is -2.49. The molecule has 0 aromatic heterocycles. The normalized spacial score (nSPS) is 20.4. The van der Waals surface area contributed by atoms with Crippen LogP contribution in [0.2, 0.25) is 0 Å². The molecular formula is C24H25N3O8S. The second-order valence-corrected chi connectivity index (χ2v) is 10.2. The van der Waals surface area contributed by atoms with Crippen LogP contribution in [0.5, 0.6) is 0 Å². The lowest BCUT2D eigenvalue weighted by atomic mass is 10.2. The molecule has 190 valence electrons. The standard InChI is InChI=1S/C24H25N3O8S/c1-34-22(29)20-15-25(23(30)27(20)24(31)35-16-17-9-4-2-5-10-17)21(28)19-13-8-14-26(19)36(32,33)18-11-6-3-7-12-18/h2-7,9-12,19-20H,8,13-16H2,1H3/t19-,20+/m1/s1. The first-order chi connectivity index (χ1) is 17.3. The van der Waals surface area contributed by atoms with Gasteiger partial charge in [-0.1, -0.05) is 48.5 Å². The summed E-state index contributed by atoms with van der Waals surface area (Å²) in [6, 6.07) is 12.7. The van der Waals surface area contributed by atoms with Gasteiger partial charge < -0.3 is 9.47 Å². The first-order valence-corrected chi connectivity index (χ1v) is 12.7. The maximum Gasteiger partial charge on any atom is 0.419 e. The number of sulfonamides is 1. The van der Waals surface area contributed by atoms with Crippen molar-refractivity contribution in [2.45, 2.75) is 36.4 Å². The Bertz CT molecular complexity index is 1250. The molecule has 2 fully saturated rings. The number of carbonyl (C=O) groups is 4. The average Bonchev–Trinajstić information content (AvgIpc) is 3.53. The highest BCUT2D eigenvalue weighted by Crippen LogP contribution is 2.29. The van der Waals surface area contributed by atoms with Gasteiger partial charge in [0.25, 0.3) is 0 Å². The van der Waals surface area contributed by atoms with Crippen molar-refractivity contribution in [3.05, 3.63) is 66.2 Å². The molecule has 0 radical (unpaired) electrons. The Morgan fingerprint density at radius 3 is 2.25 bits per heavy atom. The predicted molar refractivity (Wildman–Crippen MR) is 125 cm³/mol. The third-order valence-electron chi connectivity index (χ3n) is 6.08. The second kappa shape index (κ2) is 10.5. The van der Waals surface area contributed by atoms with E-state index in [2.05, 4.69) is 0 Å². The molecular weight excluding hydrogens is 490 g/mol. The van der Waals surface area contributed by atoms with Crippen molar-refractivity contribution in [3.63, 3.8) is 0 Å². The van der Waals surface area contributed by atoms with Gasteiger partial charge in [-0.3, -0.25) is 9.69 Å². The van der Waals surface area contributed by atoms with E-state index in [1.165, 1.54) is 12.1 Å². The van der Waals surface area contributed by atoms with E-state index < -0.39 is 52.7 Å². The smallest absolute Gasteiger partial charge is 0.419 e. The van der Waals surface area contributed by atoms with Gasteiger partial charge in [-0.25, -0.2) is 27.7 Å². The van der Waals surface area contributed by atoms with Crippen molar-refractivity contribution in [2.75, 3.05) is 20.2 Å². The topological polar surface area (TPSA) is 131 Å². The van der Waals surface area contributed by atoms with E-state index in [-0.39, 0.29) is 24.5 Å². The molecule has 4 amide bonds. The zero-order valence-electron chi connectivity index (χ0n) is 19.5. The first kappa shape index (κ1) is 25.3.